The zero-order valence-electron chi connectivity index (χ0n) is 12.1. The minimum absolute atomic E-state index is 0.604. The van der Waals surface area contributed by atoms with E-state index >= 15 is 0 Å². The molecule has 19 heavy (non-hydrogen) atoms. The molecular weight excluding hydrogens is 262 g/mol. The molecule has 0 atom stereocenters. The first kappa shape index (κ1) is 18.1. The third-order valence-electron chi connectivity index (χ3n) is 2.58. The van der Waals surface area contributed by atoms with Crippen molar-refractivity contribution in [2.24, 2.45) is 0 Å². The maximum absolute atomic E-state index is 9.08. The molecule has 0 radical (unpaired) electrons. The quantitative estimate of drug-likeness (QED) is 0.458. The Bertz CT molecular complexity index is 419. The Kier molecular flexibility index (Phi) is 9.43. The molecule has 1 heterocycles. The summed E-state index contributed by atoms with van der Waals surface area (Å²) in [4.78, 5) is 0. The van der Waals surface area contributed by atoms with Gasteiger partial charge in [0.2, 0.25) is 0 Å². The highest BCUT2D eigenvalue weighted by molar-refractivity contribution is 7.84. The number of aryl methyl sites for hydroxylation is 2. The van der Waals surface area contributed by atoms with E-state index in [2.05, 4.69) is 42.9 Å². The van der Waals surface area contributed by atoms with Crippen molar-refractivity contribution < 1.29 is 17.5 Å². The van der Waals surface area contributed by atoms with E-state index in [1.165, 1.54) is 44.2 Å². The van der Waals surface area contributed by atoms with E-state index in [-0.39, 0.29) is 0 Å². The van der Waals surface area contributed by atoms with Gasteiger partial charge in [-0.15, -0.1) is 0 Å². The summed E-state index contributed by atoms with van der Waals surface area (Å²) >= 11 is 0. The molecule has 110 valence electrons. The Hall–Kier alpha value is -0.940. The van der Waals surface area contributed by atoms with Crippen LogP contribution in [0.15, 0.2) is 24.5 Å². The third kappa shape index (κ3) is 15.0. The fourth-order valence-corrected chi connectivity index (χ4v) is 1.58. The lowest BCUT2D eigenvalue weighted by Gasteiger charge is -1.98. The first-order valence-electron chi connectivity index (χ1n) is 6.69. The zero-order chi connectivity index (χ0) is 14.7. The Morgan fingerprint density at radius 1 is 1.11 bits per heavy atom. The van der Waals surface area contributed by atoms with Gasteiger partial charge >= 0.3 is 0 Å². The van der Waals surface area contributed by atoms with Crippen LogP contribution in [0.2, 0.25) is 0 Å². The van der Waals surface area contributed by atoms with E-state index in [9.17, 15) is 0 Å². The number of unbranched alkanes of at least 4 members (excludes halogenated alkanes) is 4. The molecule has 0 unspecified atom stereocenters. The van der Waals surface area contributed by atoms with Gasteiger partial charge in [-0.3, -0.25) is 0 Å². The zero-order valence-corrected chi connectivity index (χ0v) is 12.9. The lowest BCUT2D eigenvalue weighted by Crippen LogP contribution is -2.32. The van der Waals surface area contributed by atoms with Crippen LogP contribution in [0.4, 0.5) is 0 Å². The summed E-state index contributed by atoms with van der Waals surface area (Å²) in [5.74, 6) is 0. The average Bonchev–Trinajstić information content (AvgIpc) is 2.29. The van der Waals surface area contributed by atoms with Gasteiger partial charge in [-0.25, -0.2) is 13.0 Å². The van der Waals surface area contributed by atoms with Crippen molar-refractivity contribution in [1.82, 2.24) is 0 Å². The van der Waals surface area contributed by atoms with Crippen LogP contribution in [0.25, 0.3) is 0 Å². The summed E-state index contributed by atoms with van der Waals surface area (Å²) in [5.41, 5.74) is 1.34. The van der Waals surface area contributed by atoms with Crippen LogP contribution in [-0.4, -0.2) is 19.2 Å². The number of hydrogen-bond acceptors (Lipinski definition) is 3. The predicted molar refractivity (Wildman–Crippen MR) is 75.8 cm³/mol. The van der Waals surface area contributed by atoms with Crippen molar-refractivity contribution >= 4 is 10.1 Å². The van der Waals surface area contributed by atoms with Crippen molar-refractivity contribution in [3.05, 3.63) is 30.1 Å². The summed E-state index contributed by atoms with van der Waals surface area (Å²) in [5, 5.41) is 0. The van der Waals surface area contributed by atoms with E-state index in [4.69, 9.17) is 13.0 Å². The summed E-state index contributed by atoms with van der Waals surface area (Å²) in [6.07, 6.45) is 11.7. The molecular formula is C14H25NO3S. The third-order valence-corrected chi connectivity index (χ3v) is 2.58. The minimum atomic E-state index is -3.92. The van der Waals surface area contributed by atoms with Crippen molar-refractivity contribution in [2.45, 2.75) is 52.5 Å². The van der Waals surface area contributed by atoms with Gasteiger partial charge in [0, 0.05) is 24.8 Å². The summed E-state index contributed by atoms with van der Waals surface area (Å²) in [6.45, 7) is 5.56. The summed E-state index contributed by atoms with van der Waals surface area (Å²) in [6, 6.07) is 4.35. The maximum atomic E-state index is 9.08. The van der Waals surface area contributed by atoms with Gasteiger partial charge in [-0.05, 0) is 18.9 Å². The SMILES string of the molecule is CCCCCCC[n+]1ccc(C)cc1.CS(=O)(=O)[O-]. The molecule has 0 saturated heterocycles. The van der Waals surface area contributed by atoms with Crippen LogP contribution in [0.3, 0.4) is 0 Å². The van der Waals surface area contributed by atoms with Gasteiger partial charge in [0.15, 0.2) is 12.4 Å². The van der Waals surface area contributed by atoms with Gasteiger partial charge in [-0.2, -0.15) is 0 Å². The summed E-state index contributed by atoms with van der Waals surface area (Å²) in [7, 11) is -3.92. The molecule has 1 rings (SSSR count). The molecule has 1 aromatic rings. The molecule has 0 amide bonds. The largest absolute Gasteiger partial charge is 0.748 e. The highest BCUT2D eigenvalue weighted by atomic mass is 32.2. The van der Waals surface area contributed by atoms with Gasteiger partial charge in [0.05, 0.1) is 10.1 Å². The second-order valence-electron chi connectivity index (χ2n) is 4.73. The van der Waals surface area contributed by atoms with E-state index in [1.54, 1.807) is 0 Å². The normalized spacial score (nSPS) is 10.7. The molecule has 0 aliphatic heterocycles. The van der Waals surface area contributed by atoms with E-state index in [1.807, 2.05) is 0 Å². The number of pyridine rings is 1. The standard InChI is InChI=1S/C13H22N.CH4O3S/c1-3-4-5-6-7-10-14-11-8-13(2)9-12-14;1-5(2,3)4/h8-9,11-12H,3-7,10H2,1-2H3;1H3,(H,2,3,4)/q+1;/p-1. The second-order valence-corrected chi connectivity index (χ2v) is 6.14. The Labute approximate surface area is 117 Å². The molecule has 0 bridgehead atoms. The maximum Gasteiger partial charge on any atom is 0.169 e. The lowest BCUT2D eigenvalue weighted by atomic mass is 10.1. The van der Waals surface area contributed by atoms with Crippen LogP contribution in [-0.2, 0) is 16.7 Å². The Morgan fingerprint density at radius 2 is 1.58 bits per heavy atom. The fourth-order valence-electron chi connectivity index (χ4n) is 1.58. The average molecular weight is 287 g/mol. The molecule has 0 aliphatic carbocycles. The topological polar surface area (TPSA) is 61.1 Å². The lowest BCUT2D eigenvalue weighted by molar-refractivity contribution is -0.697. The number of hydrogen-bond donors (Lipinski definition) is 0. The number of aromatic nitrogens is 1. The van der Waals surface area contributed by atoms with Crippen LogP contribution < -0.4 is 4.57 Å². The van der Waals surface area contributed by atoms with Crippen LogP contribution in [0, 0.1) is 6.92 Å². The van der Waals surface area contributed by atoms with Crippen molar-refractivity contribution in [2.75, 3.05) is 6.26 Å². The van der Waals surface area contributed by atoms with Crippen LogP contribution in [0.5, 0.6) is 0 Å². The van der Waals surface area contributed by atoms with Crippen molar-refractivity contribution in [1.29, 1.82) is 0 Å². The molecule has 0 aliphatic rings. The predicted octanol–water partition coefficient (Wildman–Crippen LogP) is 2.41. The van der Waals surface area contributed by atoms with Crippen molar-refractivity contribution in [3.8, 4) is 0 Å². The first-order valence-corrected chi connectivity index (χ1v) is 8.51. The smallest absolute Gasteiger partial charge is 0.169 e. The molecule has 0 saturated carbocycles. The van der Waals surface area contributed by atoms with Gasteiger partial charge < -0.3 is 4.55 Å². The first-order chi connectivity index (χ1) is 8.83. The van der Waals surface area contributed by atoms with E-state index in [0.717, 1.165) is 0 Å². The Morgan fingerprint density at radius 3 is 2.05 bits per heavy atom. The van der Waals surface area contributed by atoms with Gasteiger partial charge in [0.1, 0.15) is 6.54 Å². The van der Waals surface area contributed by atoms with Gasteiger partial charge in [0.25, 0.3) is 0 Å². The van der Waals surface area contributed by atoms with Crippen LogP contribution in [0.1, 0.15) is 44.6 Å². The summed E-state index contributed by atoms with van der Waals surface area (Å²) < 4.78 is 29.5. The van der Waals surface area contributed by atoms with E-state index in [0.29, 0.717) is 6.26 Å². The molecule has 1 aromatic heterocycles. The second kappa shape index (κ2) is 9.92. The molecule has 5 heteroatoms. The number of nitrogens with zero attached hydrogens (tertiary/aromatic N) is 1. The van der Waals surface area contributed by atoms with Gasteiger partial charge in [-0.1, -0.05) is 26.2 Å². The molecule has 0 N–H and O–H groups in total. The molecule has 0 fully saturated rings. The van der Waals surface area contributed by atoms with Crippen molar-refractivity contribution in [3.63, 3.8) is 0 Å². The van der Waals surface area contributed by atoms with E-state index < -0.39 is 10.1 Å². The minimum Gasteiger partial charge on any atom is -0.748 e. The highest BCUT2D eigenvalue weighted by Crippen LogP contribution is 2.02. The highest BCUT2D eigenvalue weighted by Gasteiger charge is 1.98. The molecule has 0 spiro atoms. The molecule has 4 nitrogen and oxygen atoms in total. The Balaban J connectivity index is 0.000000555. The number of rotatable bonds is 6. The van der Waals surface area contributed by atoms with Crippen LogP contribution >= 0.6 is 0 Å². The fraction of sp³-hybridized carbons (Fsp3) is 0.643. The monoisotopic (exact) mass is 287 g/mol. The molecule has 0 aromatic carbocycles.